The molecule has 1 amide bonds. The number of amides is 1. The summed E-state index contributed by atoms with van der Waals surface area (Å²) in [6, 6.07) is 19.9. The van der Waals surface area contributed by atoms with Gasteiger partial charge in [-0.15, -0.1) is 0 Å². The maximum absolute atomic E-state index is 12.8. The SMILES string of the molecule is N#CC1(OC(N)=O)CCCC(c2ccc(-c3ccc4ccccc4c3)[nH]c2=O)C1. The Labute approximate surface area is 167 Å². The van der Waals surface area contributed by atoms with E-state index in [0.29, 0.717) is 18.4 Å². The minimum atomic E-state index is -1.27. The molecule has 6 heteroatoms. The summed E-state index contributed by atoms with van der Waals surface area (Å²) in [5.74, 6) is -0.169. The number of nitrogens with two attached hydrogens (primary N) is 1. The summed E-state index contributed by atoms with van der Waals surface area (Å²) in [6.45, 7) is 0. The van der Waals surface area contributed by atoms with E-state index in [2.05, 4.69) is 11.1 Å². The van der Waals surface area contributed by atoms with Gasteiger partial charge in [0.1, 0.15) is 6.07 Å². The largest absolute Gasteiger partial charge is 0.428 e. The van der Waals surface area contributed by atoms with E-state index in [1.54, 1.807) is 0 Å². The van der Waals surface area contributed by atoms with Crippen LogP contribution in [0.4, 0.5) is 4.79 Å². The standard InChI is InChI=1S/C23H21N3O3/c24-14-23(29-22(25)28)11-3-6-18(13-23)19-9-10-20(26-21(19)27)17-8-7-15-4-1-2-5-16(15)12-17/h1-2,4-5,7-10,12,18H,3,6,11,13H2,(H2,25,28)(H,26,27). The predicted molar refractivity (Wildman–Crippen MR) is 110 cm³/mol. The number of benzene rings is 2. The summed E-state index contributed by atoms with van der Waals surface area (Å²) in [5.41, 5.74) is 5.95. The van der Waals surface area contributed by atoms with Crippen molar-refractivity contribution in [3.8, 4) is 17.3 Å². The molecule has 1 fully saturated rings. The quantitative estimate of drug-likeness (QED) is 0.701. The molecule has 3 aromatic rings. The predicted octanol–water partition coefficient (Wildman–Crippen LogP) is 4.21. The van der Waals surface area contributed by atoms with Crippen LogP contribution in [0.15, 0.2) is 59.4 Å². The molecule has 146 valence electrons. The zero-order valence-electron chi connectivity index (χ0n) is 15.9. The molecule has 2 aromatic carbocycles. The number of ether oxygens (including phenoxy) is 1. The van der Waals surface area contributed by atoms with Gasteiger partial charge in [0.25, 0.3) is 5.56 Å². The van der Waals surface area contributed by atoms with Gasteiger partial charge >= 0.3 is 6.09 Å². The van der Waals surface area contributed by atoms with E-state index >= 15 is 0 Å². The van der Waals surface area contributed by atoms with E-state index in [0.717, 1.165) is 28.5 Å². The highest BCUT2D eigenvalue weighted by Gasteiger charge is 2.41. The molecule has 0 spiro atoms. The molecule has 4 rings (SSSR count). The van der Waals surface area contributed by atoms with Crippen LogP contribution in [-0.2, 0) is 4.74 Å². The number of carbonyl (C=O) groups is 1. The lowest BCUT2D eigenvalue weighted by Gasteiger charge is -2.34. The van der Waals surface area contributed by atoms with Gasteiger partial charge in [-0.3, -0.25) is 4.79 Å². The smallest absolute Gasteiger partial charge is 0.406 e. The maximum atomic E-state index is 12.8. The number of nitrogens with zero attached hydrogens (tertiary/aromatic N) is 1. The van der Waals surface area contributed by atoms with Gasteiger partial charge in [-0.2, -0.15) is 5.26 Å². The van der Waals surface area contributed by atoms with Crippen LogP contribution in [0.3, 0.4) is 0 Å². The molecule has 3 N–H and O–H groups in total. The molecule has 1 aliphatic carbocycles. The maximum Gasteiger partial charge on any atom is 0.406 e. The second kappa shape index (κ2) is 7.44. The van der Waals surface area contributed by atoms with Crippen molar-refractivity contribution in [2.24, 2.45) is 5.73 Å². The van der Waals surface area contributed by atoms with Crippen molar-refractivity contribution in [1.82, 2.24) is 4.98 Å². The number of primary amides is 1. The van der Waals surface area contributed by atoms with Crippen molar-refractivity contribution in [3.05, 3.63) is 70.5 Å². The van der Waals surface area contributed by atoms with Gasteiger partial charge in [0, 0.05) is 24.1 Å². The Morgan fingerprint density at radius 2 is 1.97 bits per heavy atom. The van der Waals surface area contributed by atoms with Gasteiger partial charge in [-0.25, -0.2) is 4.79 Å². The first kappa shape index (κ1) is 18.8. The number of rotatable bonds is 3. The topological polar surface area (TPSA) is 109 Å². The summed E-state index contributed by atoms with van der Waals surface area (Å²) >= 11 is 0. The zero-order chi connectivity index (χ0) is 20.4. The first-order valence-electron chi connectivity index (χ1n) is 9.62. The van der Waals surface area contributed by atoms with Crippen LogP contribution in [0.25, 0.3) is 22.0 Å². The normalized spacial score (nSPS) is 21.4. The minimum absolute atomic E-state index is 0.169. The van der Waals surface area contributed by atoms with Gasteiger partial charge in [0.15, 0.2) is 5.60 Å². The van der Waals surface area contributed by atoms with Crippen LogP contribution in [-0.4, -0.2) is 16.7 Å². The molecule has 1 saturated carbocycles. The second-order valence-corrected chi connectivity index (χ2v) is 7.54. The fourth-order valence-electron chi connectivity index (χ4n) is 4.24. The molecule has 0 bridgehead atoms. The fraction of sp³-hybridized carbons (Fsp3) is 0.261. The molecule has 1 aliphatic rings. The molecule has 29 heavy (non-hydrogen) atoms. The Morgan fingerprint density at radius 3 is 2.69 bits per heavy atom. The molecule has 6 nitrogen and oxygen atoms in total. The average Bonchev–Trinajstić information content (AvgIpc) is 2.73. The molecule has 0 aliphatic heterocycles. The van der Waals surface area contributed by atoms with E-state index in [4.69, 9.17) is 10.5 Å². The number of H-pyrrole nitrogens is 1. The van der Waals surface area contributed by atoms with E-state index < -0.39 is 11.7 Å². The number of aromatic nitrogens is 1. The Bertz CT molecular complexity index is 1180. The minimum Gasteiger partial charge on any atom is -0.428 e. The average molecular weight is 387 g/mol. The number of carbonyl (C=O) groups excluding carboxylic acids is 1. The van der Waals surface area contributed by atoms with Crippen molar-refractivity contribution in [2.45, 2.75) is 37.2 Å². The number of pyridine rings is 1. The van der Waals surface area contributed by atoms with Crippen LogP contribution >= 0.6 is 0 Å². The number of aromatic amines is 1. The molecule has 1 heterocycles. The number of nitriles is 1. The summed E-state index contributed by atoms with van der Waals surface area (Å²) in [7, 11) is 0. The van der Waals surface area contributed by atoms with E-state index in [-0.39, 0.29) is 17.9 Å². The van der Waals surface area contributed by atoms with Crippen molar-refractivity contribution >= 4 is 16.9 Å². The van der Waals surface area contributed by atoms with Gasteiger partial charge < -0.3 is 15.5 Å². The lowest BCUT2D eigenvalue weighted by Crippen LogP contribution is -2.40. The highest BCUT2D eigenvalue weighted by Crippen LogP contribution is 2.39. The Kier molecular flexibility index (Phi) is 4.81. The van der Waals surface area contributed by atoms with Gasteiger partial charge in [-0.1, -0.05) is 42.5 Å². The van der Waals surface area contributed by atoms with Crippen molar-refractivity contribution in [2.75, 3.05) is 0 Å². The van der Waals surface area contributed by atoms with E-state index in [9.17, 15) is 14.9 Å². The molecular formula is C23H21N3O3. The highest BCUT2D eigenvalue weighted by atomic mass is 16.6. The third-order valence-corrected chi connectivity index (χ3v) is 5.65. The summed E-state index contributed by atoms with van der Waals surface area (Å²) in [4.78, 5) is 27.0. The van der Waals surface area contributed by atoms with Crippen LogP contribution in [0, 0.1) is 11.3 Å². The second-order valence-electron chi connectivity index (χ2n) is 7.54. The monoisotopic (exact) mass is 387 g/mol. The third-order valence-electron chi connectivity index (χ3n) is 5.65. The van der Waals surface area contributed by atoms with E-state index in [1.807, 2.05) is 54.6 Å². The zero-order valence-corrected chi connectivity index (χ0v) is 15.9. The van der Waals surface area contributed by atoms with Crippen LogP contribution in [0.2, 0.25) is 0 Å². The summed E-state index contributed by atoms with van der Waals surface area (Å²) < 4.78 is 5.12. The first-order chi connectivity index (χ1) is 14.0. The van der Waals surface area contributed by atoms with Crippen LogP contribution < -0.4 is 11.3 Å². The summed E-state index contributed by atoms with van der Waals surface area (Å²) in [6.07, 6.45) is 1.16. The summed E-state index contributed by atoms with van der Waals surface area (Å²) in [5, 5.41) is 11.8. The molecule has 2 unspecified atom stereocenters. The molecule has 1 aromatic heterocycles. The lowest BCUT2D eigenvalue weighted by molar-refractivity contribution is 0.0253. The fourth-order valence-corrected chi connectivity index (χ4v) is 4.24. The molecule has 2 atom stereocenters. The highest BCUT2D eigenvalue weighted by molar-refractivity contribution is 5.86. The third kappa shape index (κ3) is 3.72. The van der Waals surface area contributed by atoms with Crippen molar-refractivity contribution in [3.63, 3.8) is 0 Å². The van der Waals surface area contributed by atoms with Crippen molar-refractivity contribution < 1.29 is 9.53 Å². The number of hydrogen-bond acceptors (Lipinski definition) is 4. The van der Waals surface area contributed by atoms with Crippen LogP contribution in [0.5, 0.6) is 0 Å². The number of nitrogens with one attached hydrogen (secondary N) is 1. The Hall–Kier alpha value is -3.59. The lowest BCUT2D eigenvalue weighted by atomic mass is 9.76. The molecule has 0 radical (unpaired) electrons. The van der Waals surface area contributed by atoms with Gasteiger partial charge in [0.2, 0.25) is 0 Å². The first-order valence-corrected chi connectivity index (χ1v) is 9.62. The molecule has 0 saturated heterocycles. The Balaban J connectivity index is 1.64. The van der Waals surface area contributed by atoms with Crippen LogP contribution in [0.1, 0.15) is 37.2 Å². The number of fused-ring (bicyclic) bond motifs is 1. The van der Waals surface area contributed by atoms with E-state index in [1.165, 1.54) is 0 Å². The van der Waals surface area contributed by atoms with Crippen molar-refractivity contribution in [1.29, 1.82) is 5.26 Å². The Morgan fingerprint density at radius 1 is 1.17 bits per heavy atom. The molecular weight excluding hydrogens is 366 g/mol. The van der Waals surface area contributed by atoms with Gasteiger partial charge in [-0.05, 0) is 47.2 Å². The van der Waals surface area contributed by atoms with Gasteiger partial charge in [0.05, 0.1) is 0 Å². The number of hydrogen-bond donors (Lipinski definition) is 2.